The molecule has 0 aliphatic heterocycles. The smallest absolute Gasteiger partial charge is 0.291 e. The number of carbonyl (C=O) groups excluding carboxylic acids is 1. The molecule has 0 saturated carbocycles. The number of benzene rings is 1. The van der Waals surface area contributed by atoms with E-state index in [0.29, 0.717) is 0 Å². The predicted octanol–water partition coefficient (Wildman–Crippen LogP) is 2.32. The second-order valence-corrected chi connectivity index (χ2v) is 3.43. The first-order chi connectivity index (χ1) is 7.95. The molecule has 3 nitrogen and oxygen atoms in total. The third-order valence-electron chi connectivity index (χ3n) is 2.14. The van der Waals surface area contributed by atoms with Crippen LogP contribution in [0.25, 0.3) is 0 Å². The number of hydrogen-bond acceptors (Lipinski definition) is 2. The number of hydrogen-bond donors (Lipinski definition) is 2. The van der Waals surface area contributed by atoms with Crippen LogP contribution in [-0.2, 0) is 4.79 Å². The minimum atomic E-state index is -4.47. The molecule has 0 fully saturated rings. The lowest BCUT2D eigenvalue weighted by Crippen LogP contribution is -2.45. The van der Waals surface area contributed by atoms with Crippen LogP contribution in [0.5, 0.6) is 0 Å². The molecule has 2 N–H and O–H groups in total. The van der Waals surface area contributed by atoms with Gasteiger partial charge in [-0.15, -0.1) is 0 Å². The lowest BCUT2D eigenvalue weighted by atomic mass is 10.1. The van der Waals surface area contributed by atoms with Gasteiger partial charge in [-0.25, -0.2) is 5.43 Å². The van der Waals surface area contributed by atoms with Crippen LogP contribution in [0.2, 0.25) is 0 Å². The van der Waals surface area contributed by atoms with Crippen molar-refractivity contribution in [3.63, 3.8) is 0 Å². The van der Waals surface area contributed by atoms with Crippen molar-refractivity contribution in [2.45, 2.75) is 25.6 Å². The standard InChI is InChI=1S/C11H13F3N2O/c1-2-9(17)15-16-10(11(12,13)14)8-6-4-3-5-7-8/h3-7,10,16H,2H2,1H3,(H,15,17)/t10-/m0/s1. The summed E-state index contributed by atoms with van der Waals surface area (Å²) in [4.78, 5) is 10.9. The minimum Gasteiger partial charge on any atom is -0.291 e. The monoisotopic (exact) mass is 246 g/mol. The SMILES string of the molecule is CCC(=O)NN[C@@H](c1ccccc1)C(F)(F)F. The van der Waals surface area contributed by atoms with E-state index < -0.39 is 18.1 Å². The summed E-state index contributed by atoms with van der Waals surface area (Å²) >= 11 is 0. The zero-order valence-corrected chi connectivity index (χ0v) is 9.21. The molecule has 94 valence electrons. The lowest BCUT2D eigenvalue weighted by molar-refractivity contribution is -0.161. The van der Waals surface area contributed by atoms with Crippen molar-refractivity contribution in [1.82, 2.24) is 10.9 Å². The van der Waals surface area contributed by atoms with E-state index in [1.807, 2.05) is 10.9 Å². The fraction of sp³-hybridized carbons (Fsp3) is 0.364. The van der Waals surface area contributed by atoms with E-state index in [4.69, 9.17) is 0 Å². The van der Waals surface area contributed by atoms with Gasteiger partial charge in [0.2, 0.25) is 5.91 Å². The molecule has 1 amide bonds. The Hall–Kier alpha value is -1.56. The summed E-state index contributed by atoms with van der Waals surface area (Å²) in [5, 5.41) is 0. The maximum absolute atomic E-state index is 12.7. The van der Waals surface area contributed by atoms with Crippen molar-refractivity contribution < 1.29 is 18.0 Å². The summed E-state index contributed by atoms with van der Waals surface area (Å²) in [7, 11) is 0. The predicted molar refractivity (Wildman–Crippen MR) is 56.8 cm³/mol. The van der Waals surface area contributed by atoms with Gasteiger partial charge in [0.05, 0.1) is 0 Å². The topological polar surface area (TPSA) is 41.1 Å². The Balaban J connectivity index is 2.79. The van der Waals surface area contributed by atoms with Crippen LogP contribution >= 0.6 is 0 Å². The molecule has 6 heteroatoms. The second-order valence-electron chi connectivity index (χ2n) is 3.43. The first-order valence-corrected chi connectivity index (χ1v) is 5.11. The fourth-order valence-electron chi connectivity index (χ4n) is 1.24. The zero-order chi connectivity index (χ0) is 12.9. The Morgan fingerprint density at radius 1 is 1.29 bits per heavy atom. The quantitative estimate of drug-likeness (QED) is 0.800. The molecule has 17 heavy (non-hydrogen) atoms. The van der Waals surface area contributed by atoms with E-state index >= 15 is 0 Å². The number of halogens is 3. The third kappa shape index (κ3) is 4.07. The van der Waals surface area contributed by atoms with Gasteiger partial charge in [0, 0.05) is 6.42 Å². The number of amides is 1. The third-order valence-corrected chi connectivity index (χ3v) is 2.14. The highest BCUT2D eigenvalue weighted by Gasteiger charge is 2.40. The molecule has 0 heterocycles. The second kappa shape index (κ2) is 5.67. The average molecular weight is 246 g/mol. The minimum absolute atomic E-state index is 0.0522. The van der Waals surface area contributed by atoms with E-state index in [-0.39, 0.29) is 12.0 Å². The van der Waals surface area contributed by atoms with Crippen molar-refractivity contribution in [3.8, 4) is 0 Å². The van der Waals surface area contributed by atoms with E-state index in [1.165, 1.54) is 24.3 Å². The van der Waals surface area contributed by atoms with Gasteiger partial charge in [-0.1, -0.05) is 37.3 Å². The molecule has 1 rings (SSSR count). The maximum Gasteiger partial charge on any atom is 0.409 e. The molecule has 0 aromatic heterocycles. The van der Waals surface area contributed by atoms with Crippen LogP contribution < -0.4 is 10.9 Å². The molecule has 0 unspecified atom stereocenters. The van der Waals surface area contributed by atoms with Gasteiger partial charge in [0.1, 0.15) is 6.04 Å². The van der Waals surface area contributed by atoms with Crippen LogP contribution in [0.3, 0.4) is 0 Å². The Bertz CT molecular complexity index is 365. The maximum atomic E-state index is 12.7. The number of alkyl halides is 3. The van der Waals surface area contributed by atoms with Gasteiger partial charge < -0.3 is 0 Å². The first-order valence-electron chi connectivity index (χ1n) is 5.11. The van der Waals surface area contributed by atoms with Crippen molar-refractivity contribution in [2.75, 3.05) is 0 Å². The molecule has 0 saturated heterocycles. The average Bonchev–Trinajstić information content (AvgIpc) is 2.28. The summed E-state index contributed by atoms with van der Waals surface area (Å²) < 4.78 is 38.2. The van der Waals surface area contributed by atoms with E-state index in [9.17, 15) is 18.0 Å². The van der Waals surface area contributed by atoms with Crippen molar-refractivity contribution >= 4 is 5.91 Å². The normalized spacial score (nSPS) is 13.2. The Morgan fingerprint density at radius 3 is 2.35 bits per heavy atom. The van der Waals surface area contributed by atoms with Crippen LogP contribution in [0.4, 0.5) is 13.2 Å². The molecule has 1 atom stereocenters. The largest absolute Gasteiger partial charge is 0.409 e. The van der Waals surface area contributed by atoms with Gasteiger partial charge in [0.15, 0.2) is 0 Å². The number of carbonyl (C=O) groups is 1. The number of rotatable bonds is 4. The van der Waals surface area contributed by atoms with Crippen LogP contribution in [0, 0.1) is 0 Å². The molecule has 0 bridgehead atoms. The highest BCUT2D eigenvalue weighted by molar-refractivity contribution is 5.74. The molecule has 0 aliphatic carbocycles. The summed E-state index contributed by atoms with van der Waals surface area (Å²) in [6.07, 6.45) is -4.35. The molecule has 0 radical (unpaired) electrons. The highest BCUT2D eigenvalue weighted by Crippen LogP contribution is 2.31. The molecular formula is C11H13F3N2O. The van der Waals surface area contributed by atoms with Crippen molar-refractivity contribution in [1.29, 1.82) is 0 Å². The fourth-order valence-corrected chi connectivity index (χ4v) is 1.24. The molecule has 1 aromatic carbocycles. The van der Waals surface area contributed by atoms with Crippen LogP contribution in [0.1, 0.15) is 24.9 Å². The van der Waals surface area contributed by atoms with Crippen LogP contribution in [0.15, 0.2) is 30.3 Å². The van der Waals surface area contributed by atoms with Crippen molar-refractivity contribution in [3.05, 3.63) is 35.9 Å². The molecular weight excluding hydrogens is 233 g/mol. The molecule has 1 aromatic rings. The summed E-state index contributed by atoms with van der Waals surface area (Å²) in [6.45, 7) is 1.56. The van der Waals surface area contributed by atoms with Gasteiger partial charge in [0.25, 0.3) is 0 Å². The van der Waals surface area contributed by atoms with Gasteiger partial charge >= 0.3 is 6.18 Å². The lowest BCUT2D eigenvalue weighted by Gasteiger charge is -2.22. The number of hydrazine groups is 1. The summed E-state index contributed by atoms with van der Waals surface area (Å²) in [6, 6.07) is 5.45. The van der Waals surface area contributed by atoms with E-state index in [0.717, 1.165) is 0 Å². The summed E-state index contributed by atoms with van der Waals surface area (Å²) in [5.41, 5.74) is 4.08. The van der Waals surface area contributed by atoms with Gasteiger partial charge in [-0.2, -0.15) is 13.2 Å². The molecule has 0 aliphatic rings. The van der Waals surface area contributed by atoms with Crippen LogP contribution in [-0.4, -0.2) is 12.1 Å². The Labute approximate surface area is 97.0 Å². The van der Waals surface area contributed by atoms with Gasteiger partial charge in [-0.3, -0.25) is 10.2 Å². The number of nitrogens with one attached hydrogen (secondary N) is 2. The van der Waals surface area contributed by atoms with Crippen molar-refractivity contribution in [2.24, 2.45) is 0 Å². The van der Waals surface area contributed by atoms with E-state index in [1.54, 1.807) is 13.0 Å². The van der Waals surface area contributed by atoms with E-state index in [2.05, 4.69) is 0 Å². The Morgan fingerprint density at radius 2 is 1.88 bits per heavy atom. The summed E-state index contributed by atoms with van der Waals surface area (Å²) in [5.74, 6) is -0.491. The van der Waals surface area contributed by atoms with Gasteiger partial charge in [-0.05, 0) is 5.56 Å². The Kier molecular flexibility index (Phi) is 4.51. The first kappa shape index (κ1) is 13.5. The zero-order valence-electron chi connectivity index (χ0n) is 9.21. The molecule has 0 spiro atoms. The highest BCUT2D eigenvalue weighted by atomic mass is 19.4.